The minimum atomic E-state index is -3.92. The predicted octanol–water partition coefficient (Wildman–Crippen LogP) is 3.02. The van der Waals surface area contributed by atoms with Gasteiger partial charge in [-0.25, -0.2) is 8.42 Å². The number of rotatable bonds is 7. The third-order valence-electron chi connectivity index (χ3n) is 5.47. The number of nitrogens with two attached hydrogens (primary N) is 1. The van der Waals surface area contributed by atoms with Gasteiger partial charge in [0.05, 0.1) is 4.90 Å². The van der Waals surface area contributed by atoms with Gasteiger partial charge in [-0.3, -0.25) is 4.79 Å². The van der Waals surface area contributed by atoms with Gasteiger partial charge in [0, 0.05) is 12.3 Å². The Hall–Kier alpha value is -3.34. The summed E-state index contributed by atoms with van der Waals surface area (Å²) in [7, 11) is -3.92. The Labute approximate surface area is 202 Å². The largest absolute Gasteiger partial charge is 0.409 e. The zero-order valence-corrected chi connectivity index (χ0v) is 19.7. The molecule has 0 bridgehead atoms. The molecule has 1 heterocycles. The molecule has 10 heteroatoms. The minimum absolute atomic E-state index is 0.114. The molecule has 2 atom stereocenters. The Morgan fingerprint density at radius 2 is 1.59 bits per heavy atom. The summed E-state index contributed by atoms with van der Waals surface area (Å²) in [5, 5.41) is 14.0. The van der Waals surface area contributed by atoms with Gasteiger partial charge >= 0.3 is 0 Å². The molecule has 0 radical (unpaired) electrons. The van der Waals surface area contributed by atoms with E-state index in [9.17, 15) is 18.4 Å². The normalized spacial score (nSPS) is 17.9. The number of hydrogen-bond acceptors (Lipinski definition) is 6. The molecule has 4 N–H and O–H groups in total. The average molecular weight is 497 g/mol. The third-order valence-corrected chi connectivity index (χ3v) is 8.69. The van der Waals surface area contributed by atoms with Gasteiger partial charge in [-0.05, 0) is 28.8 Å². The van der Waals surface area contributed by atoms with E-state index in [1.54, 1.807) is 54.6 Å². The van der Waals surface area contributed by atoms with Gasteiger partial charge in [-0.1, -0.05) is 78.0 Å². The maximum absolute atomic E-state index is 13.4. The van der Waals surface area contributed by atoms with Crippen molar-refractivity contribution < 1.29 is 18.4 Å². The first kappa shape index (κ1) is 23.8. The van der Waals surface area contributed by atoms with E-state index < -0.39 is 27.3 Å². The number of carbonyl (C=O) groups is 1. The second-order valence-electron chi connectivity index (χ2n) is 7.61. The summed E-state index contributed by atoms with van der Waals surface area (Å²) in [6.45, 7) is 0.200. The molecular formula is C24H24N4O4S2. The lowest BCUT2D eigenvalue weighted by Gasteiger charge is -2.25. The Balaban J connectivity index is 1.55. The molecule has 3 aromatic carbocycles. The van der Waals surface area contributed by atoms with Gasteiger partial charge in [-0.15, -0.1) is 11.8 Å². The van der Waals surface area contributed by atoms with Crippen LogP contribution in [0.1, 0.15) is 11.6 Å². The highest BCUT2D eigenvalue weighted by atomic mass is 32.2. The molecular weight excluding hydrogens is 472 g/mol. The van der Waals surface area contributed by atoms with Crippen LogP contribution in [0.3, 0.4) is 0 Å². The molecule has 1 fully saturated rings. The van der Waals surface area contributed by atoms with Crippen molar-refractivity contribution in [1.29, 1.82) is 0 Å². The lowest BCUT2D eigenvalue weighted by atomic mass is 10.1. The van der Waals surface area contributed by atoms with Gasteiger partial charge in [0.25, 0.3) is 0 Å². The van der Waals surface area contributed by atoms with Crippen LogP contribution in [-0.2, 0) is 14.8 Å². The summed E-state index contributed by atoms with van der Waals surface area (Å²) >= 11 is 1.23. The first-order valence-electron chi connectivity index (χ1n) is 10.5. The molecule has 8 nitrogen and oxygen atoms in total. The van der Waals surface area contributed by atoms with E-state index in [-0.39, 0.29) is 17.3 Å². The lowest BCUT2D eigenvalue weighted by Crippen LogP contribution is -2.48. The summed E-state index contributed by atoms with van der Waals surface area (Å²) in [5.41, 5.74) is 8.31. The van der Waals surface area contributed by atoms with Gasteiger partial charge in [0.2, 0.25) is 15.9 Å². The topological polar surface area (TPSA) is 125 Å². The number of thioether (sulfide) groups is 1. The second-order valence-corrected chi connectivity index (χ2v) is 10.7. The monoisotopic (exact) mass is 496 g/mol. The molecule has 0 spiro atoms. The van der Waals surface area contributed by atoms with E-state index in [0.717, 1.165) is 11.1 Å². The number of amidine groups is 1. The molecule has 0 aromatic heterocycles. The van der Waals surface area contributed by atoms with Crippen molar-refractivity contribution in [3.63, 3.8) is 0 Å². The van der Waals surface area contributed by atoms with Crippen LogP contribution < -0.4 is 11.1 Å². The van der Waals surface area contributed by atoms with Crippen molar-refractivity contribution in [1.82, 2.24) is 9.62 Å². The molecule has 1 aliphatic heterocycles. The molecule has 3 aromatic rings. The second kappa shape index (κ2) is 10.3. The molecule has 0 aliphatic carbocycles. The number of oxime groups is 1. The summed E-state index contributed by atoms with van der Waals surface area (Å²) in [6, 6.07) is 24.2. The Bertz CT molecular complexity index is 1270. The number of nitrogens with one attached hydrogen (secondary N) is 1. The molecule has 4 rings (SSSR count). The van der Waals surface area contributed by atoms with Crippen LogP contribution >= 0.6 is 11.8 Å². The van der Waals surface area contributed by atoms with Crippen LogP contribution in [0.5, 0.6) is 0 Å². The fraction of sp³-hybridized carbons (Fsp3) is 0.167. The van der Waals surface area contributed by atoms with E-state index in [1.807, 2.05) is 30.3 Å². The minimum Gasteiger partial charge on any atom is -0.409 e. The quantitative estimate of drug-likeness (QED) is 0.200. The summed E-state index contributed by atoms with van der Waals surface area (Å²) in [6.07, 6.45) is 0. The van der Waals surface area contributed by atoms with Crippen molar-refractivity contribution in [3.8, 4) is 11.1 Å². The molecule has 176 valence electrons. The molecule has 2 unspecified atom stereocenters. The van der Waals surface area contributed by atoms with Gasteiger partial charge in [-0.2, -0.15) is 4.31 Å². The highest BCUT2D eigenvalue weighted by Gasteiger charge is 2.41. The fourth-order valence-electron chi connectivity index (χ4n) is 3.74. The maximum atomic E-state index is 13.4. The highest BCUT2D eigenvalue weighted by molar-refractivity contribution is 8.02. The first-order chi connectivity index (χ1) is 16.4. The van der Waals surface area contributed by atoms with Crippen molar-refractivity contribution in [2.75, 3.05) is 12.3 Å². The highest BCUT2D eigenvalue weighted by Crippen LogP contribution is 2.32. The zero-order chi connectivity index (χ0) is 24.1. The van der Waals surface area contributed by atoms with E-state index >= 15 is 0 Å². The Kier molecular flexibility index (Phi) is 7.20. The van der Waals surface area contributed by atoms with Crippen molar-refractivity contribution in [2.45, 2.75) is 16.3 Å². The molecule has 1 saturated heterocycles. The number of nitrogens with zero attached hydrogens (tertiary/aromatic N) is 2. The number of amides is 1. The number of hydrogen-bond donors (Lipinski definition) is 3. The van der Waals surface area contributed by atoms with Crippen molar-refractivity contribution >= 4 is 33.5 Å². The predicted molar refractivity (Wildman–Crippen MR) is 133 cm³/mol. The Morgan fingerprint density at radius 1 is 1.00 bits per heavy atom. The lowest BCUT2D eigenvalue weighted by molar-refractivity contribution is -0.122. The number of sulfonamides is 1. The number of benzene rings is 3. The van der Waals surface area contributed by atoms with Gasteiger partial charge in [0.1, 0.15) is 11.4 Å². The zero-order valence-electron chi connectivity index (χ0n) is 18.1. The Morgan fingerprint density at radius 3 is 2.21 bits per heavy atom. The fourth-order valence-corrected chi connectivity index (χ4v) is 6.82. The van der Waals surface area contributed by atoms with Crippen LogP contribution in [0.15, 0.2) is 95.0 Å². The molecule has 1 aliphatic rings. The molecule has 0 saturated carbocycles. The van der Waals surface area contributed by atoms with Crippen LogP contribution in [0.2, 0.25) is 0 Å². The summed E-state index contributed by atoms with van der Waals surface area (Å²) in [5.74, 6) is -0.264. The van der Waals surface area contributed by atoms with Crippen LogP contribution in [0.4, 0.5) is 0 Å². The average Bonchev–Trinajstić information content (AvgIpc) is 3.39. The van der Waals surface area contributed by atoms with Crippen LogP contribution in [0, 0.1) is 0 Å². The standard InChI is InChI=1S/C24H24N4O4S2/c25-22(27-30)21(19-9-5-2-6-10-19)26-23(29)24-28(15-16-33-24)34(31,32)20-13-11-18(12-14-20)17-7-3-1-4-8-17/h1-14,21,24,30H,15-16H2,(H2,25,27)(H,26,29). The summed E-state index contributed by atoms with van der Waals surface area (Å²) < 4.78 is 28.0. The SMILES string of the molecule is NC(=NO)C(NC(=O)C1SCCN1S(=O)(=O)c1ccc(-c2ccccc2)cc1)c1ccccc1. The maximum Gasteiger partial charge on any atom is 0.249 e. The van der Waals surface area contributed by atoms with Crippen LogP contribution in [-0.4, -0.2) is 47.3 Å². The smallest absolute Gasteiger partial charge is 0.249 e. The van der Waals surface area contributed by atoms with Crippen molar-refractivity contribution in [2.24, 2.45) is 10.9 Å². The van der Waals surface area contributed by atoms with E-state index in [1.165, 1.54) is 16.1 Å². The number of carbonyl (C=O) groups excluding carboxylic acids is 1. The molecule has 34 heavy (non-hydrogen) atoms. The van der Waals surface area contributed by atoms with E-state index in [2.05, 4.69) is 10.5 Å². The van der Waals surface area contributed by atoms with Crippen LogP contribution in [0.25, 0.3) is 11.1 Å². The molecule has 1 amide bonds. The van der Waals surface area contributed by atoms with Gasteiger partial charge in [0.15, 0.2) is 5.84 Å². The van der Waals surface area contributed by atoms with Crippen molar-refractivity contribution in [3.05, 3.63) is 90.5 Å². The van der Waals surface area contributed by atoms with E-state index in [4.69, 9.17) is 5.73 Å². The first-order valence-corrected chi connectivity index (χ1v) is 13.0. The summed E-state index contributed by atoms with van der Waals surface area (Å²) in [4.78, 5) is 13.3. The third kappa shape index (κ3) is 4.93. The van der Waals surface area contributed by atoms with Gasteiger partial charge < -0.3 is 16.3 Å². The van der Waals surface area contributed by atoms with E-state index in [0.29, 0.717) is 11.3 Å².